The summed E-state index contributed by atoms with van der Waals surface area (Å²) in [5, 5.41) is 2.80. The zero-order chi connectivity index (χ0) is 14.5. The molecule has 0 radical (unpaired) electrons. The lowest BCUT2D eigenvalue weighted by atomic mass is 10.2. The van der Waals surface area contributed by atoms with E-state index in [4.69, 9.17) is 9.47 Å². The standard InChI is InChI=1S/C14H18N2O4/c1-16-8-12(20-9-13(16)17)7-15-14(18)10-4-3-5-11(6-10)19-2/h3-6,12H,7-9H2,1-2H3,(H,15,18). The normalized spacial score (nSPS) is 18.8. The zero-order valence-electron chi connectivity index (χ0n) is 11.6. The van der Waals surface area contributed by atoms with Gasteiger partial charge >= 0.3 is 0 Å². The molecule has 6 heteroatoms. The minimum atomic E-state index is -0.188. The Balaban J connectivity index is 1.87. The summed E-state index contributed by atoms with van der Waals surface area (Å²) in [7, 11) is 3.28. The molecular weight excluding hydrogens is 260 g/mol. The van der Waals surface area contributed by atoms with Crippen molar-refractivity contribution in [1.29, 1.82) is 0 Å². The molecule has 0 aliphatic carbocycles. The second-order valence-corrected chi connectivity index (χ2v) is 4.65. The zero-order valence-corrected chi connectivity index (χ0v) is 11.6. The Morgan fingerprint density at radius 1 is 1.55 bits per heavy atom. The molecule has 1 fully saturated rings. The molecule has 6 nitrogen and oxygen atoms in total. The van der Waals surface area contributed by atoms with Crippen LogP contribution >= 0.6 is 0 Å². The van der Waals surface area contributed by atoms with Crippen LogP contribution in [0.2, 0.25) is 0 Å². The van der Waals surface area contributed by atoms with Gasteiger partial charge in [0.25, 0.3) is 5.91 Å². The van der Waals surface area contributed by atoms with Crippen LogP contribution in [-0.2, 0) is 9.53 Å². The van der Waals surface area contributed by atoms with Crippen LogP contribution in [0.1, 0.15) is 10.4 Å². The first-order chi connectivity index (χ1) is 9.60. The van der Waals surface area contributed by atoms with Gasteiger partial charge in [0.1, 0.15) is 12.4 Å². The van der Waals surface area contributed by atoms with Gasteiger partial charge in [-0.15, -0.1) is 0 Å². The lowest BCUT2D eigenvalue weighted by Gasteiger charge is -2.29. The second kappa shape index (κ2) is 6.38. The number of likely N-dealkylation sites (N-methyl/N-ethyl adjacent to an activating group) is 1. The number of ether oxygens (including phenoxy) is 2. The van der Waals surface area contributed by atoms with Crippen LogP contribution in [0.5, 0.6) is 5.75 Å². The van der Waals surface area contributed by atoms with Crippen LogP contribution in [0.4, 0.5) is 0 Å². The molecule has 108 valence electrons. The van der Waals surface area contributed by atoms with Crippen LogP contribution in [0, 0.1) is 0 Å². The molecule has 1 aliphatic rings. The number of carbonyl (C=O) groups is 2. The summed E-state index contributed by atoms with van der Waals surface area (Å²) in [6.45, 7) is 0.918. The van der Waals surface area contributed by atoms with E-state index in [-0.39, 0.29) is 24.5 Å². The first kappa shape index (κ1) is 14.3. The molecule has 0 spiro atoms. The largest absolute Gasteiger partial charge is 0.497 e. The van der Waals surface area contributed by atoms with Gasteiger partial charge in [0, 0.05) is 25.7 Å². The monoisotopic (exact) mass is 278 g/mol. The van der Waals surface area contributed by atoms with E-state index in [2.05, 4.69) is 5.32 Å². The van der Waals surface area contributed by atoms with Crippen molar-refractivity contribution in [3.63, 3.8) is 0 Å². The van der Waals surface area contributed by atoms with E-state index in [1.807, 2.05) is 0 Å². The van der Waals surface area contributed by atoms with Crippen molar-refractivity contribution in [3.8, 4) is 5.75 Å². The number of hydrogen-bond acceptors (Lipinski definition) is 4. The van der Waals surface area contributed by atoms with E-state index < -0.39 is 0 Å². The number of morpholine rings is 1. The fourth-order valence-electron chi connectivity index (χ4n) is 1.96. The molecule has 1 aromatic rings. The van der Waals surface area contributed by atoms with Gasteiger partial charge in [-0.25, -0.2) is 0 Å². The van der Waals surface area contributed by atoms with Crippen LogP contribution in [-0.4, -0.2) is 56.7 Å². The van der Waals surface area contributed by atoms with Crippen LogP contribution in [0.15, 0.2) is 24.3 Å². The molecular formula is C14H18N2O4. The molecule has 0 aromatic heterocycles. The van der Waals surface area contributed by atoms with E-state index in [9.17, 15) is 9.59 Å². The number of methoxy groups -OCH3 is 1. The highest BCUT2D eigenvalue weighted by Crippen LogP contribution is 2.12. The maximum Gasteiger partial charge on any atom is 0.251 e. The van der Waals surface area contributed by atoms with Crippen molar-refractivity contribution in [3.05, 3.63) is 29.8 Å². The molecule has 0 saturated carbocycles. The van der Waals surface area contributed by atoms with Gasteiger partial charge in [-0.2, -0.15) is 0 Å². The van der Waals surface area contributed by atoms with Crippen LogP contribution in [0.25, 0.3) is 0 Å². The average Bonchev–Trinajstić information content (AvgIpc) is 2.48. The van der Waals surface area contributed by atoms with Crippen molar-refractivity contribution in [2.75, 3.05) is 33.9 Å². The Bertz CT molecular complexity index is 504. The number of benzene rings is 1. The van der Waals surface area contributed by atoms with Gasteiger partial charge in [-0.3, -0.25) is 9.59 Å². The SMILES string of the molecule is COc1cccc(C(=O)NCC2CN(C)C(=O)CO2)c1. The molecule has 0 bridgehead atoms. The smallest absolute Gasteiger partial charge is 0.251 e. The van der Waals surface area contributed by atoms with E-state index in [0.29, 0.717) is 24.4 Å². The molecule has 1 unspecified atom stereocenters. The van der Waals surface area contributed by atoms with Gasteiger partial charge in [0.05, 0.1) is 13.2 Å². The molecule has 1 N–H and O–H groups in total. The minimum Gasteiger partial charge on any atom is -0.497 e. The third-order valence-corrected chi connectivity index (χ3v) is 3.17. The molecule has 1 atom stereocenters. The molecule has 1 aromatic carbocycles. The lowest BCUT2D eigenvalue weighted by molar-refractivity contribution is -0.146. The Labute approximate surface area is 117 Å². The maximum absolute atomic E-state index is 12.0. The van der Waals surface area contributed by atoms with Gasteiger partial charge in [-0.05, 0) is 18.2 Å². The first-order valence-electron chi connectivity index (χ1n) is 6.38. The number of hydrogen-bond donors (Lipinski definition) is 1. The van der Waals surface area contributed by atoms with E-state index in [0.717, 1.165) is 0 Å². The lowest BCUT2D eigenvalue weighted by Crippen LogP contribution is -2.48. The Morgan fingerprint density at radius 2 is 2.35 bits per heavy atom. The maximum atomic E-state index is 12.0. The van der Waals surface area contributed by atoms with Crippen LogP contribution < -0.4 is 10.1 Å². The summed E-state index contributed by atoms with van der Waals surface area (Å²) in [5.74, 6) is 0.407. The predicted octanol–water partition coefficient (Wildman–Crippen LogP) is 0.282. The second-order valence-electron chi connectivity index (χ2n) is 4.65. The van der Waals surface area contributed by atoms with Crippen molar-refractivity contribution in [2.24, 2.45) is 0 Å². The topological polar surface area (TPSA) is 67.9 Å². The highest BCUT2D eigenvalue weighted by atomic mass is 16.5. The van der Waals surface area contributed by atoms with Gasteiger partial charge in [0.2, 0.25) is 5.91 Å². The minimum absolute atomic E-state index is 0.0413. The number of nitrogens with zero attached hydrogens (tertiary/aromatic N) is 1. The fraction of sp³-hybridized carbons (Fsp3) is 0.429. The number of carbonyl (C=O) groups excluding carboxylic acids is 2. The quantitative estimate of drug-likeness (QED) is 0.859. The summed E-state index contributed by atoms with van der Waals surface area (Å²) < 4.78 is 10.4. The highest BCUT2D eigenvalue weighted by Gasteiger charge is 2.23. The van der Waals surface area contributed by atoms with E-state index in [1.165, 1.54) is 0 Å². The summed E-state index contributed by atoms with van der Waals surface area (Å²) in [6.07, 6.45) is -0.174. The molecule has 1 aliphatic heterocycles. The van der Waals surface area contributed by atoms with Gasteiger partial charge in [-0.1, -0.05) is 6.07 Å². The van der Waals surface area contributed by atoms with Crippen LogP contribution in [0.3, 0.4) is 0 Å². The molecule has 1 saturated heterocycles. The third kappa shape index (κ3) is 3.48. The fourth-order valence-corrected chi connectivity index (χ4v) is 1.96. The summed E-state index contributed by atoms with van der Waals surface area (Å²) in [4.78, 5) is 24.9. The van der Waals surface area contributed by atoms with Crippen molar-refractivity contribution in [1.82, 2.24) is 10.2 Å². The molecule has 2 amide bonds. The van der Waals surface area contributed by atoms with E-state index >= 15 is 0 Å². The highest BCUT2D eigenvalue weighted by molar-refractivity contribution is 5.94. The summed E-state index contributed by atoms with van der Waals surface area (Å²) in [6, 6.07) is 6.93. The Morgan fingerprint density at radius 3 is 3.05 bits per heavy atom. The predicted molar refractivity (Wildman–Crippen MR) is 72.7 cm³/mol. The van der Waals surface area contributed by atoms with Crippen molar-refractivity contribution in [2.45, 2.75) is 6.10 Å². The molecule has 1 heterocycles. The van der Waals surface area contributed by atoms with Gasteiger partial charge in [0.15, 0.2) is 0 Å². The van der Waals surface area contributed by atoms with E-state index in [1.54, 1.807) is 43.3 Å². The average molecular weight is 278 g/mol. The first-order valence-corrected chi connectivity index (χ1v) is 6.38. The Hall–Kier alpha value is -2.08. The number of amides is 2. The summed E-state index contributed by atoms with van der Waals surface area (Å²) >= 11 is 0. The third-order valence-electron chi connectivity index (χ3n) is 3.17. The number of rotatable bonds is 4. The summed E-state index contributed by atoms with van der Waals surface area (Å²) in [5.41, 5.74) is 0.532. The van der Waals surface area contributed by atoms with Crippen molar-refractivity contribution < 1.29 is 19.1 Å². The molecule has 20 heavy (non-hydrogen) atoms. The van der Waals surface area contributed by atoms with Gasteiger partial charge < -0.3 is 19.7 Å². The van der Waals surface area contributed by atoms with Crippen molar-refractivity contribution >= 4 is 11.8 Å². The Kier molecular flexibility index (Phi) is 4.57. The number of nitrogens with one attached hydrogen (secondary N) is 1. The molecule has 2 rings (SSSR count).